The SMILES string of the molecule is CN=C(NCc1ccon1)NC1CN(C(=O)OC(C)(C)C)C1. The molecule has 1 fully saturated rings. The number of aliphatic imine (C=N–C) groups is 1. The second kappa shape index (κ2) is 6.67. The van der Waals surface area contributed by atoms with Crippen LogP contribution in [0.3, 0.4) is 0 Å². The molecule has 122 valence electrons. The number of hydrogen-bond donors (Lipinski definition) is 2. The Balaban J connectivity index is 1.70. The largest absolute Gasteiger partial charge is 0.444 e. The molecule has 2 rings (SSSR count). The van der Waals surface area contributed by atoms with Crippen molar-refractivity contribution < 1.29 is 14.1 Å². The summed E-state index contributed by atoms with van der Waals surface area (Å²) >= 11 is 0. The van der Waals surface area contributed by atoms with Crippen LogP contribution in [-0.2, 0) is 11.3 Å². The van der Waals surface area contributed by atoms with E-state index in [1.165, 1.54) is 6.26 Å². The van der Waals surface area contributed by atoms with Gasteiger partial charge in [-0.15, -0.1) is 0 Å². The minimum absolute atomic E-state index is 0.163. The zero-order chi connectivity index (χ0) is 16.2. The first-order chi connectivity index (χ1) is 10.4. The number of hydrogen-bond acceptors (Lipinski definition) is 5. The van der Waals surface area contributed by atoms with Crippen LogP contribution in [0.4, 0.5) is 4.79 Å². The lowest BCUT2D eigenvalue weighted by Gasteiger charge is -2.40. The number of rotatable bonds is 3. The molecule has 0 atom stereocenters. The third kappa shape index (κ3) is 4.64. The lowest BCUT2D eigenvalue weighted by molar-refractivity contribution is 0.00701. The molecule has 1 saturated heterocycles. The van der Waals surface area contributed by atoms with E-state index in [4.69, 9.17) is 9.26 Å². The van der Waals surface area contributed by atoms with Crippen molar-refractivity contribution in [2.45, 2.75) is 39.0 Å². The van der Waals surface area contributed by atoms with E-state index in [1.54, 1.807) is 18.0 Å². The molecule has 0 spiro atoms. The van der Waals surface area contributed by atoms with Gasteiger partial charge in [0.1, 0.15) is 17.6 Å². The van der Waals surface area contributed by atoms with Crippen LogP contribution in [-0.4, -0.2) is 53.9 Å². The summed E-state index contributed by atoms with van der Waals surface area (Å²) in [6.07, 6.45) is 1.24. The Morgan fingerprint density at radius 3 is 2.82 bits per heavy atom. The van der Waals surface area contributed by atoms with Gasteiger partial charge in [0.25, 0.3) is 0 Å². The standard InChI is InChI=1S/C14H23N5O3/c1-14(2,3)22-13(20)19-8-11(9-19)17-12(15-4)16-7-10-5-6-21-18-10/h5-6,11H,7-9H2,1-4H3,(H2,15,16,17). The van der Waals surface area contributed by atoms with Gasteiger partial charge in [-0.2, -0.15) is 0 Å². The Labute approximate surface area is 129 Å². The van der Waals surface area contributed by atoms with E-state index in [2.05, 4.69) is 20.8 Å². The summed E-state index contributed by atoms with van der Waals surface area (Å²) in [6, 6.07) is 1.95. The third-order valence-electron chi connectivity index (χ3n) is 3.03. The highest BCUT2D eigenvalue weighted by molar-refractivity contribution is 5.80. The second-order valence-corrected chi connectivity index (χ2v) is 6.14. The number of carbonyl (C=O) groups excluding carboxylic acids is 1. The molecule has 0 aliphatic carbocycles. The molecule has 1 amide bonds. The molecule has 1 aliphatic heterocycles. The molecule has 0 radical (unpaired) electrons. The van der Waals surface area contributed by atoms with Crippen molar-refractivity contribution in [2.24, 2.45) is 4.99 Å². The summed E-state index contributed by atoms with van der Waals surface area (Å²) in [5.74, 6) is 0.664. The lowest BCUT2D eigenvalue weighted by atomic mass is 10.1. The zero-order valence-electron chi connectivity index (χ0n) is 13.4. The average Bonchev–Trinajstić information content (AvgIpc) is 2.87. The molecule has 0 unspecified atom stereocenters. The monoisotopic (exact) mass is 309 g/mol. The van der Waals surface area contributed by atoms with E-state index in [-0.39, 0.29) is 12.1 Å². The maximum absolute atomic E-state index is 11.8. The highest BCUT2D eigenvalue weighted by Crippen LogP contribution is 2.15. The van der Waals surface area contributed by atoms with Crippen molar-refractivity contribution in [3.8, 4) is 0 Å². The van der Waals surface area contributed by atoms with E-state index < -0.39 is 5.60 Å². The van der Waals surface area contributed by atoms with Crippen LogP contribution in [0.1, 0.15) is 26.5 Å². The van der Waals surface area contributed by atoms with Crippen LogP contribution in [0, 0.1) is 0 Å². The van der Waals surface area contributed by atoms with Crippen LogP contribution in [0.15, 0.2) is 21.8 Å². The molecule has 8 heteroatoms. The molecular formula is C14H23N5O3. The maximum atomic E-state index is 11.8. The quantitative estimate of drug-likeness (QED) is 0.638. The molecule has 2 N–H and O–H groups in total. The normalized spacial score (nSPS) is 16.2. The van der Waals surface area contributed by atoms with Crippen molar-refractivity contribution in [1.29, 1.82) is 0 Å². The predicted octanol–water partition coefficient (Wildman–Crippen LogP) is 0.959. The smallest absolute Gasteiger partial charge is 0.410 e. The average molecular weight is 309 g/mol. The van der Waals surface area contributed by atoms with Gasteiger partial charge in [-0.1, -0.05) is 5.16 Å². The fourth-order valence-electron chi connectivity index (χ4n) is 1.94. The molecule has 1 aromatic heterocycles. The van der Waals surface area contributed by atoms with Crippen LogP contribution < -0.4 is 10.6 Å². The summed E-state index contributed by atoms with van der Waals surface area (Å²) in [6.45, 7) is 7.29. The van der Waals surface area contributed by atoms with Gasteiger partial charge >= 0.3 is 6.09 Å². The van der Waals surface area contributed by atoms with Crippen LogP contribution >= 0.6 is 0 Å². The topological polar surface area (TPSA) is 92.0 Å². The Morgan fingerprint density at radius 1 is 1.55 bits per heavy atom. The number of likely N-dealkylation sites (tertiary alicyclic amines) is 1. The highest BCUT2D eigenvalue weighted by Gasteiger charge is 2.34. The number of aromatic nitrogens is 1. The number of amides is 1. The number of nitrogens with zero attached hydrogens (tertiary/aromatic N) is 3. The molecule has 8 nitrogen and oxygen atoms in total. The molecule has 1 aliphatic rings. The molecule has 0 bridgehead atoms. The molecular weight excluding hydrogens is 286 g/mol. The van der Waals surface area contributed by atoms with Gasteiger partial charge in [0, 0.05) is 26.2 Å². The van der Waals surface area contributed by atoms with Crippen molar-refractivity contribution in [3.05, 3.63) is 18.0 Å². The number of carbonyl (C=O) groups is 1. The minimum atomic E-state index is -0.467. The Morgan fingerprint density at radius 2 is 2.27 bits per heavy atom. The molecule has 0 saturated carbocycles. The second-order valence-electron chi connectivity index (χ2n) is 6.14. The Kier molecular flexibility index (Phi) is 4.89. The van der Waals surface area contributed by atoms with Gasteiger partial charge in [0.15, 0.2) is 5.96 Å². The third-order valence-corrected chi connectivity index (χ3v) is 3.03. The van der Waals surface area contributed by atoms with E-state index in [1.807, 2.05) is 20.8 Å². The summed E-state index contributed by atoms with van der Waals surface area (Å²) < 4.78 is 10.1. The van der Waals surface area contributed by atoms with E-state index in [9.17, 15) is 4.79 Å². The number of guanidine groups is 1. The van der Waals surface area contributed by atoms with Crippen LogP contribution in [0.25, 0.3) is 0 Å². The first kappa shape index (κ1) is 16.1. The van der Waals surface area contributed by atoms with Crippen molar-refractivity contribution >= 4 is 12.1 Å². The van der Waals surface area contributed by atoms with Gasteiger partial charge in [0.2, 0.25) is 0 Å². The summed E-state index contributed by atoms with van der Waals surface area (Å²) in [5, 5.41) is 10.2. The van der Waals surface area contributed by atoms with Crippen molar-refractivity contribution in [1.82, 2.24) is 20.7 Å². The summed E-state index contributed by atoms with van der Waals surface area (Å²) in [5.41, 5.74) is 0.331. The van der Waals surface area contributed by atoms with Gasteiger partial charge in [-0.05, 0) is 20.8 Å². The predicted molar refractivity (Wildman–Crippen MR) is 81.4 cm³/mol. The summed E-state index contributed by atoms with van der Waals surface area (Å²) in [7, 11) is 1.70. The minimum Gasteiger partial charge on any atom is -0.444 e. The first-order valence-electron chi connectivity index (χ1n) is 7.22. The molecule has 2 heterocycles. The van der Waals surface area contributed by atoms with E-state index in [0.717, 1.165) is 5.69 Å². The zero-order valence-corrected chi connectivity index (χ0v) is 13.4. The van der Waals surface area contributed by atoms with E-state index in [0.29, 0.717) is 25.6 Å². The van der Waals surface area contributed by atoms with Gasteiger partial charge < -0.3 is 24.8 Å². The highest BCUT2D eigenvalue weighted by atomic mass is 16.6. The van der Waals surface area contributed by atoms with Gasteiger partial charge in [-0.3, -0.25) is 4.99 Å². The van der Waals surface area contributed by atoms with E-state index >= 15 is 0 Å². The Bertz CT molecular complexity index is 515. The van der Waals surface area contributed by atoms with Crippen LogP contribution in [0.2, 0.25) is 0 Å². The molecule has 0 aromatic carbocycles. The van der Waals surface area contributed by atoms with Gasteiger partial charge in [0.05, 0.1) is 12.6 Å². The maximum Gasteiger partial charge on any atom is 0.410 e. The van der Waals surface area contributed by atoms with Crippen LogP contribution in [0.5, 0.6) is 0 Å². The first-order valence-corrected chi connectivity index (χ1v) is 7.22. The summed E-state index contributed by atoms with van der Waals surface area (Å²) in [4.78, 5) is 17.6. The molecule has 22 heavy (non-hydrogen) atoms. The van der Waals surface area contributed by atoms with Crippen molar-refractivity contribution in [3.63, 3.8) is 0 Å². The number of nitrogens with one attached hydrogen (secondary N) is 2. The van der Waals surface area contributed by atoms with Gasteiger partial charge in [-0.25, -0.2) is 4.79 Å². The number of ether oxygens (including phenoxy) is 1. The lowest BCUT2D eigenvalue weighted by Crippen LogP contribution is -2.63. The Hall–Kier alpha value is -2.25. The fourth-order valence-corrected chi connectivity index (χ4v) is 1.94. The molecule has 1 aromatic rings. The van der Waals surface area contributed by atoms with Crippen molar-refractivity contribution in [2.75, 3.05) is 20.1 Å². The fraction of sp³-hybridized carbons (Fsp3) is 0.643.